The molecule has 0 amide bonds. The van der Waals surface area contributed by atoms with E-state index in [0.717, 1.165) is 12.0 Å². The highest BCUT2D eigenvalue weighted by atomic mass is 32.2. The zero-order chi connectivity index (χ0) is 14.6. The van der Waals surface area contributed by atoms with Crippen LogP contribution in [0.5, 0.6) is 0 Å². The van der Waals surface area contributed by atoms with Gasteiger partial charge in [0, 0.05) is 24.4 Å². The molecule has 1 saturated carbocycles. The minimum absolute atomic E-state index is 0.462. The van der Waals surface area contributed by atoms with Gasteiger partial charge in [-0.3, -0.25) is 0 Å². The second-order valence-corrected chi connectivity index (χ2v) is 8.68. The molecule has 1 heterocycles. The van der Waals surface area contributed by atoms with Gasteiger partial charge in [-0.25, -0.2) is 0 Å². The van der Waals surface area contributed by atoms with Gasteiger partial charge in [0.05, 0.1) is 0 Å². The lowest BCUT2D eigenvalue weighted by molar-refractivity contribution is 0.0771. The molecular formula is C17H34N2S. The Bertz CT molecular complexity index is 287. The predicted octanol–water partition coefficient (Wildman–Crippen LogP) is 3.62. The first kappa shape index (κ1) is 16.6. The smallest absolute Gasteiger partial charge is 0.0191 e. The lowest BCUT2D eigenvalue weighted by atomic mass is 9.67. The Kier molecular flexibility index (Phi) is 6.25. The summed E-state index contributed by atoms with van der Waals surface area (Å²) in [6, 6.07) is 1.53. The summed E-state index contributed by atoms with van der Waals surface area (Å²) in [5.41, 5.74) is 0.462. The Morgan fingerprint density at radius 3 is 2.75 bits per heavy atom. The van der Waals surface area contributed by atoms with Gasteiger partial charge < -0.3 is 10.2 Å². The molecule has 0 radical (unpaired) electrons. The topological polar surface area (TPSA) is 15.3 Å². The van der Waals surface area contributed by atoms with E-state index in [9.17, 15) is 0 Å². The molecule has 2 fully saturated rings. The van der Waals surface area contributed by atoms with Gasteiger partial charge in [0.25, 0.3) is 0 Å². The number of nitrogens with zero attached hydrogens (tertiary/aromatic N) is 1. The van der Waals surface area contributed by atoms with Crippen LogP contribution in [-0.4, -0.2) is 48.6 Å². The molecule has 20 heavy (non-hydrogen) atoms. The van der Waals surface area contributed by atoms with E-state index in [1.807, 2.05) is 0 Å². The summed E-state index contributed by atoms with van der Waals surface area (Å²) in [6.07, 6.45) is 6.84. The van der Waals surface area contributed by atoms with Crippen molar-refractivity contribution in [2.75, 3.05) is 31.6 Å². The second kappa shape index (κ2) is 7.51. The molecular weight excluding hydrogens is 264 g/mol. The summed E-state index contributed by atoms with van der Waals surface area (Å²) >= 11 is 2.13. The third kappa shape index (κ3) is 4.14. The van der Waals surface area contributed by atoms with Gasteiger partial charge in [-0.1, -0.05) is 27.2 Å². The second-order valence-electron chi connectivity index (χ2n) is 7.53. The van der Waals surface area contributed by atoms with Crippen LogP contribution in [0.25, 0.3) is 0 Å². The van der Waals surface area contributed by atoms with E-state index in [1.54, 1.807) is 0 Å². The average molecular weight is 299 g/mol. The first-order chi connectivity index (χ1) is 9.54. The predicted molar refractivity (Wildman–Crippen MR) is 91.6 cm³/mol. The van der Waals surface area contributed by atoms with Gasteiger partial charge in [-0.15, -0.1) is 0 Å². The molecule has 118 valence electrons. The molecule has 2 nitrogen and oxygen atoms in total. The molecule has 0 aromatic heterocycles. The Hall–Kier alpha value is 0.270. The Morgan fingerprint density at radius 1 is 1.30 bits per heavy atom. The van der Waals surface area contributed by atoms with Crippen molar-refractivity contribution in [1.29, 1.82) is 0 Å². The molecule has 2 aliphatic rings. The van der Waals surface area contributed by atoms with E-state index in [2.05, 4.69) is 49.8 Å². The Morgan fingerprint density at radius 2 is 2.10 bits per heavy atom. The first-order valence-corrected chi connectivity index (χ1v) is 9.71. The minimum atomic E-state index is 0.462. The number of nitrogens with one attached hydrogen (secondary N) is 1. The van der Waals surface area contributed by atoms with E-state index in [-0.39, 0.29) is 0 Å². The van der Waals surface area contributed by atoms with E-state index in [0.29, 0.717) is 11.5 Å². The van der Waals surface area contributed by atoms with Crippen LogP contribution in [0.2, 0.25) is 0 Å². The van der Waals surface area contributed by atoms with Crippen molar-refractivity contribution in [2.24, 2.45) is 11.3 Å². The molecule has 2 rings (SSSR count). The monoisotopic (exact) mass is 298 g/mol. The van der Waals surface area contributed by atoms with Crippen molar-refractivity contribution < 1.29 is 0 Å². The molecule has 1 aliphatic carbocycles. The fourth-order valence-electron chi connectivity index (χ4n) is 4.11. The quantitative estimate of drug-likeness (QED) is 0.806. The maximum absolute atomic E-state index is 3.88. The van der Waals surface area contributed by atoms with Crippen LogP contribution < -0.4 is 5.32 Å². The highest BCUT2D eigenvalue weighted by Gasteiger charge is 2.39. The standard InChI is InChI=1S/C17H34N2S/c1-5-10-18-16-14(7-6-9-17(16,2)3)12-19(4)15-8-11-20-13-15/h14-16,18H,5-13H2,1-4H3. The number of hydrogen-bond donors (Lipinski definition) is 1. The van der Waals surface area contributed by atoms with Crippen molar-refractivity contribution in [3.63, 3.8) is 0 Å². The lowest BCUT2D eigenvalue weighted by Gasteiger charge is -2.46. The number of rotatable bonds is 6. The summed E-state index contributed by atoms with van der Waals surface area (Å²) in [5.74, 6) is 3.54. The minimum Gasteiger partial charge on any atom is -0.313 e. The van der Waals surface area contributed by atoms with Gasteiger partial charge in [0.2, 0.25) is 0 Å². The fraction of sp³-hybridized carbons (Fsp3) is 1.00. The molecule has 1 aliphatic heterocycles. The summed E-state index contributed by atoms with van der Waals surface area (Å²) in [6.45, 7) is 9.68. The summed E-state index contributed by atoms with van der Waals surface area (Å²) < 4.78 is 0. The van der Waals surface area contributed by atoms with Gasteiger partial charge in [-0.05, 0) is 56.4 Å². The molecule has 0 aromatic carbocycles. The molecule has 0 spiro atoms. The molecule has 3 unspecified atom stereocenters. The maximum atomic E-state index is 3.88. The third-order valence-corrected chi connectivity index (χ3v) is 6.52. The number of thioether (sulfide) groups is 1. The van der Waals surface area contributed by atoms with Crippen LogP contribution in [0.3, 0.4) is 0 Å². The average Bonchev–Trinajstić information content (AvgIpc) is 2.91. The molecule has 3 heteroatoms. The largest absolute Gasteiger partial charge is 0.313 e. The van der Waals surface area contributed by atoms with Crippen LogP contribution >= 0.6 is 11.8 Å². The van der Waals surface area contributed by atoms with E-state index in [1.165, 1.54) is 56.7 Å². The van der Waals surface area contributed by atoms with Gasteiger partial charge in [-0.2, -0.15) is 11.8 Å². The fourth-order valence-corrected chi connectivity index (χ4v) is 5.41. The molecule has 1 saturated heterocycles. The Balaban J connectivity index is 1.95. The van der Waals surface area contributed by atoms with Crippen LogP contribution in [0.4, 0.5) is 0 Å². The van der Waals surface area contributed by atoms with Crippen LogP contribution in [0.15, 0.2) is 0 Å². The zero-order valence-electron chi connectivity index (χ0n) is 14.0. The highest BCUT2D eigenvalue weighted by Crippen LogP contribution is 2.39. The lowest BCUT2D eigenvalue weighted by Crippen LogP contribution is -2.53. The number of hydrogen-bond acceptors (Lipinski definition) is 3. The summed E-state index contributed by atoms with van der Waals surface area (Å²) in [5, 5.41) is 3.88. The SMILES string of the molecule is CCCNC1C(CN(C)C2CCSC2)CCCC1(C)C. The maximum Gasteiger partial charge on any atom is 0.0191 e. The van der Waals surface area contributed by atoms with E-state index < -0.39 is 0 Å². The molecule has 1 N–H and O–H groups in total. The molecule has 0 aromatic rings. The van der Waals surface area contributed by atoms with Crippen LogP contribution in [0, 0.1) is 11.3 Å². The van der Waals surface area contributed by atoms with E-state index >= 15 is 0 Å². The first-order valence-electron chi connectivity index (χ1n) is 8.56. The summed E-state index contributed by atoms with van der Waals surface area (Å²) in [4.78, 5) is 2.66. The normalized spacial score (nSPS) is 33.8. The molecule has 3 atom stereocenters. The van der Waals surface area contributed by atoms with Gasteiger partial charge >= 0.3 is 0 Å². The van der Waals surface area contributed by atoms with Crippen molar-refractivity contribution in [2.45, 2.75) is 65.0 Å². The van der Waals surface area contributed by atoms with Gasteiger partial charge in [0.1, 0.15) is 0 Å². The van der Waals surface area contributed by atoms with Crippen molar-refractivity contribution >= 4 is 11.8 Å². The van der Waals surface area contributed by atoms with Crippen LogP contribution in [0.1, 0.15) is 52.9 Å². The van der Waals surface area contributed by atoms with Gasteiger partial charge in [0.15, 0.2) is 0 Å². The summed E-state index contributed by atoms with van der Waals surface area (Å²) in [7, 11) is 2.36. The van der Waals surface area contributed by atoms with Crippen LogP contribution in [-0.2, 0) is 0 Å². The highest BCUT2D eigenvalue weighted by molar-refractivity contribution is 7.99. The molecule has 0 bridgehead atoms. The van der Waals surface area contributed by atoms with Crippen molar-refractivity contribution in [3.05, 3.63) is 0 Å². The van der Waals surface area contributed by atoms with E-state index in [4.69, 9.17) is 0 Å². The van der Waals surface area contributed by atoms with Crippen molar-refractivity contribution in [1.82, 2.24) is 10.2 Å². The Labute approximate surface area is 130 Å². The third-order valence-electron chi connectivity index (χ3n) is 5.38. The van der Waals surface area contributed by atoms with Crippen molar-refractivity contribution in [3.8, 4) is 0 Å². The zero-order valence-corrected chi connectivity index (χ0v) is 14.8.